The maximum absolute atomic E-state index is 13.0. The van der Waals surface area contributed by atoms with Crippen molar-refractivity contribution in [2.45, 2.75) is 25.0 Å². The molecule has 1 unspecified atom stereocenters. The van der Waals surface area contributed by atoms with E-state index < -0.39 is 6.10 Å². The van der Waals surface area contributed by atoms with Crippen LogP contribution >= 0.6 is 0 Å². The lowest BCUT2D eigenvalue weighted by Gasteiger charge is -2.25. The van der Waals surface area contributed by atoms with Crippen molar-refractivity contribution in [2.75, 3.05) is 12.3 Å². The van der Waals surface area contributed by atoms with Crippen LogP contribution in [0.1, 0.15) is 35.0 Å². The number of aromatic nitrogens is 2. The third-order valence-corrected chi connectivity index (χ3v) is 3.80. The summed E-state index contributed by atoms with van der Waals surface area (Å²) in [7, 11) is 0. The fourth-order valence-electron chi connectivity index (χ4n) is 2.41. The van der Waals surface area contributed by atoms with Crippen molar-refractivity contribution in [1.82, 2.24) is 14.9 Å². The third-order valence-electron chi connectivity index (χ3n) is 3.80. The van der Waals surface area contributed by atoms with E-state index in [-0.39, 0.29) is 35.8 Å². The molecule has 1 aromatic heterocycles. The van der Waals surface area contributed by atoms with Gasteiger partial charge in [-0.3, -0.25) is 4.79 Å². The van der Waals surface area contributed by atoms with Crippen LogP contribution in [-0.2, 0) is 0 Å². The van der Waals surface area contributed by atoms with Crippen molar-refractivity contribution >= 4 is 11.7 Å². The van der Waals surface area contributed by atoms with Crippen molar-refractivity contribution in [3.63, 3.8) is 0 Å². The molecule has 3 N–H and O–H groups in total. The molecule has 0 radical (unpaired) electrons. The van der Waals surface area contributed by atoms with E-state index in [9.17, 15) is 14.3 Å². The van der Waals surface area contributed by atoms with Crippen molar-refractivity contribution < 1.29 is 14.3 Å². The van der Waals surface area contributed by atoms with Gasteiger partial charge in [0.1, 0.15) is 5.82 Å². The first kappa shape index (κ1) is 15.4. The Morgan fingerprint density at radius 1 is 1.30 bits per heavy atom. The highest BCUT2D eigenvalue weighted by Crippen LogP contribution is 2.30. The molecule has 1 aliphatic carbocycles. The number of nitrogens with two attached hydrogens (primary N) is 1. The number of carbonyl (C=O) groups excluding carboxylic acids is 1. The highest BCUT2D eigenvalue weighted by molar-refractivity contribution is 5.96. The zero-order valence-corrected chi connectivity index (χ0v) is 12.4. The summed E-state index contributed by atoms with van der Waals surface area (Å²) in [5.41, 5.74) is 6.35. The molecule has 120 valence electrons. The summed E-state index contributed by atoms with van der Waals surface area (Å²) in [5.74, 6) is -0.651. The van der Waals surface area contributed by atoms with Crippen LogP contribution in [0.4, 0.5) is 10.2 Å². The minimum absolute atomic E-state index is 0.0685. The van der Waals surface area contributed by atoms with Crippen LogP contribution in [0.25, 0.3) is 0 Å². The Hall–Kier alpha value is -2.54. The van der Waals surface area contributed by atoms with E-state index in [0.717, 1.165) is 12.8 Å². The average molecular weight is 316 g/mol. The monoisotopic (exact) mass is 316 g/mol. The Balaban J connectivity index is 1.78. The molecule has 6 nitrogen and oxygen atoms in total. The molecule has 23 heavy (non-hydrogen) atoms. The van der Waals surface area contributed by atoms with Gasteiger partial charge in [-0.15, -0.1) is 0 Å². The van der Waals surface area contributed by atoms with Gasteiger partial charge in [0.15, 0.2) is 11.5 Å². The number of hydrogen-bond acceptors (Lipinski definition) is 5. The maximum Gasteiger partial charge on any atom is 0.276 e. The first-order chi connectivity index (χ1) is 11.1. The molecular weight excluding hydrogens is 299 g/mol. The summed E-state index contributed by atoms with van der Waals surface area (Å²) in [6, 6.07) is 5.64. The van der Waals surface area contributed by atoms with Gasteiger partial charge in [-0.2, -0.15) is 0 Å². The molecule has 0 aliphatic heterocycles. The zero-order valence-electron chi connectivity index (χ0n) is 12.4. The van der Waals surface area contributed by atoms with Gasteiger partial charge in [-0.05, 0) is 30.5 Å². The summed E-state index contributed by atoms with van der Waals surface area (Å²) < 4.78 is 13.0. The molecule has 0 bridgehead atoms. The van der Waals surface area contributed by atoms with E-state index in [2.05, 4.69) is 9.97 Å². The standard InChI is InChI=1S/C16H17FN4O2/c17-11-3-1-10(2-4-11)13(22)9-21(12-5-6-12)16(23)14-15(18)20-8-7-19-14/h1-4,7-8,12-13,22H,5-6,9H2,(H2,18,20). The largest absolute Gasteiger partial charge is 0.387 e. The van der Waals surface area contributed by atoms with Gasteiger partial charge >= 0.3 is 0 Å². The molecule has 1 fully saturated rings. The molecule has 1 aromatic carbocycles. The second-order valence-electron chi connectivity index (χ2n) is 5.55. The number of benzene rings is 1. The predicted molar refractivity (Wildman–Crippen MR) is 81.9 cm³/mol. The van der Waals surface area contributed by atoms with Crippen molar-refractivity contribution in [3.8, 4) is 0 Å². The molecular formula is C16H17FN4O2. The summed E-state index contributed by atoms with van der Waals surface area (Å²) >= 11 is 0. The number of hydrogen-bond donors (Lipinski definition) is 2. The molecule has 1 atom stereocenters. The molecule has 0 spiro atoms. The second kappa shape index (κ2) is 6.29. The molecule has 7 heteroatoms. The van der Waals surface area contributed by atoms with Crippen molar-refractivity contribution in [1.29, 1.82) is 0 Å². The normalized spacial score (nSPS) is 15.2. The fraction of sp³-hybridized carbons (Fsp3) is 0.312. The number of carbonyl (C=O) groups is 1. The minimum atomic E-state index is -0.905. The zero-order chi connectivity index (χ0) is 16.4. The number of halogens is 1. The van der Waals surface area contributed by atoms with Gasteiger partial charge in [-0.1, -0.05) is 12.1 Å². The lowest BCUT2D eigenvalue weighted by Crippen LogP contribution is -2.37. The minimum Gasteiger partial charge on any atom is -0.387 e. The van der Waals surface area contributed by atoms with Gasteiger partial charge in [0, 0.05) is 18.4 Å². The summed E-state index contributed by atoms with van der Waals surface area (Å²) in [5, 5.41) is 10.3. The van der Waals surface area contributed by atoms with Gasteiger partial charge in [0.2, 0.25) is 0 Å². The average Bonchev–Trinajstić information content (AvgIpc) is 3.37. The van der Waals surface area contributed by atoms with E-state index in [1.807, 2.05) is 0 Å². The Morgan fingerprint density at radius 2 is 1.96 bits per heavy atom. The number of amides is 1. The molecule has 2 aromatic rings. The van der Waals surface area contributed by atoms with Crippen LogP contribution in [0, 0.1) is 5.82 Å². The second-order valence-corrected chi connectivity index (χ2v) is 5.55. The predicted octanol–water partition coefficient (Wildman–Crippen LogP) is 1.54. The smallest absolute Gasteiger partial charge is 0.276 e. The van der Waals surface area contributed by atoms with Gasteiger partial charge in [-0.25, -0.2) is 14.4 Å². The summed E-state index contributed by atoms with van der Waals surface area (Å²) in [6.45, 7) is 0.102. The Bertz CT molecular complexity index is 703. The Morgan fingerprint density at radius 3 is 2.57 bits per heavy atom. The molecule has 1 heterocycles. The van der Waals surface area contributed by atoms with Crippen LogP contribution in [0.5, 0.6) is 0 Å². The van der Waals surface area contributed by atoms with E-state index in [0.29, 0.717) is 5.56 Å². The van der Waals surface area contributed by atoms with E-state index in [4.69, 9.17) is 5.73 Å². The van der Waals surface area contributed by atoms with Gasteiger partial charge in [0.05, 0.1) is 12.6 Å². The highest BCUT2D eigenvalue weighted by Gasteiger charge is 2.35. The number of anilines is 1. The van der Waals surface area contributed by atoms with Crippen molar-refractivity contribution in [3.05, 3.63) is 53.7 Å². The maximum atomic E-state index is 13.0. The number of rotatable bonds is 5. The van der Waals surface area contributed by atoms with Gasteiger partial charge < -0.3 is 15.7 Å². The van der Waals surface area contributed by atoms with Crippen LogP contribution in [0.2, 0.25) is 0 Å². The quantitative estimate of drug-likeness (QED) is 0.873. The first-order valence-electron chi connectivity index (χ1n) is 7.37. The number of nitrogens with zero attached hydrogens (tertiary/aromatic N) is 3. The van der Waals surface area contributed by atoms with Crippen LogP contribution in [-0.4, -0.2) is 38.5 Å². The Labute approximate surface area is 132 Å². The topological polar surface area (TPSA) is 92.3 Å². The number of aliphatic hydroxyl groups excluding tert-OH is 1. The summed E-state index contributed by atoms with van der Waals surface area (Å²) in [4.78, 5) is 22.1. The van der Waals surface area contributed by atoms with Crippen LogP contribution < -0.4 is 5.73 Å². The van der Waals surface area contributed by atoms with Crippen molar-refractivity contribution in [2.24, 2.45) is 0 Å². The lowest BCUT2D eigenvalue weighted by atomic mass is 10.1. The van der Waals surface area contributed by atoms with E-state index in [1.165, 1.54) is 36.7 Å². The molecule has 1 saturated carbocycles. The highest BCUT2D eigenvalue weighted by atomic mass is 19.1. The van der Waals surface area contributed by atoms with E-state index >= 15 is 0 Å². The molecule has 0 saturated heterocycles. The molecule has 1 amide bonds. The SMILES string of the molecule is Nc1nccnc1C(=O)N(CC(O)c1ccc(F)cc1)C1CC1. The van der Waals surface area contributed by atoms with Gasteiger partial charge in [0.25, 0.3) is 5.91 Å². The molecule has 1 aliphatic rings. The van der Waals surface area contributed by atoms with E-state index in [1.54, 1.807) is 4.90 Å². The fourth-order valence-corrected chi connectivity index (χ4v) is 2.41. The summed E-state index contributed by atoms with van der Waals surface area (Å²) in [6.07, 6.45) is 3.67. The third kappa shape index (κ3) is 3.45. The first-order valence-corrected chi connectivity index (χ1v) is 7.37. The van der Waals surface area contributed by atoms with Crippen LogP contribution in [0.15, 0.2) is 36.7 Å². The Kier molecular flexibility index (Phi) is 4.20. The molecule has 3 rings (SSSR count). The van der Waals surface area contributed by atoms with Crippen LogP contribution in [0.3, 0.4) is 0 Å². The number of nitrogen functional groups attached to an aromatic ring is 1. The lowest BCUT2D eigenvalue weighted by molar-refractivity contribution is 0.0598. The number of aliphatic hydroxyl groups is 1.